The zero-order valence-electron chi connectivity index (χ0n) is 13.3. The summed E-state index contributed by atoms with van der Waals surface area (Å²) in [6.07, 6.45) is 4.86. The fourth-order valence-corrected chi connectivity index (χ4v) is 3.99. The van der Waals surface area contributed by atoms with Gasteiger partial charge in [-0.1, -0.05) is 19.1 Å². The van der Waals surface area contributed by atoms with Crippen molar-refractivity contribution in [1.82, 2.24) is 9.88 Å². The van der Waals surface area contributed by atoms with Crippen LogP contribution in [0.5, 0.6) is 0 Å². The van der Waals surface area contributed by atoms with Crippen LogP contribution in [0.4, 0.5) is 4.39 Å². The van der Waals surface area contributed by atoms with E-state index in [4.69, 9.17) is 0 Å². The number of likely N-dealkylation sites (tertiary alicyclic amines) is 1. The van der Waals surface area contributed by atoms with Crippen LogP contribution in [0.2, 0.25) is 0 Å². The summed E-state index contributed by atoms with van der Waals surface area (Å²) in [5, 5.41) is 2.86. The SMILES string of the molecule is CCCc1nc(C(=O)N2CCCCC2c2cccc(F)c2)cs1. The Morgan fingerprint density at radius 1 is 1.43 bits per heavy atom. The molecular weight excluding hydrogens is 311 g/mol. The van der Waals surface area contributed by atoms with E-state index in [1.807, 2.05) is 16.3 Å². The smallest absolute Gasteiger partial charge is 0.273 e. The van der Waals surface area contributed by atoms with Crippen LogP contribution in [0.25, 0.3) is 0 Å². The van der Waals surface area contributed by atoms with Gasteiger partial charge in [-0.3, -0.25) is 4.79 Å². The van der Waals surface area contributed by atoms with Crippen LogP contribution in [0, 0.1) is 5.82 Å². The Balaban J connectivity index is 1.84. The highest BCUT2D eigenvalue weighted by molar-refractivity contribution is 7.09. The van der Waals surface area contributed by atoms with Crippen LogP contribution in [0.15, 0.2) is 29.6 Å². The Labute approximate surface area is 140 Å². The zero-order chi connectivity index (χ0) is 16.2. The molecule has 1 saturated heterocycles. The Hall–Kier alpha value is -1.75. The number of aryl methyl sites for hydroxylation is 1. The molecule has 1 amide bonds. The molecule has 122 valence electrons. The monoisotopic (exact) mass is 332 g/mol. The molecule has 0 saturated carbocycles. The van der Waals surface area contributed by atoms with E-state index in [1.165, 1.54) is 6.07 Å². The lowest BCUT2D eigenvalue weighted by Crippen LogP contribution is -2.38. The van der Waals surface area contributed by atoms with Crippen molar-refractivity contribution in [2.24, 2.45) is 0 Å². The van der Waals surface area contributed by atoms with Gasteiger partial charge in [0.2, 0.25) is 0 Å². The van der Waals surface area contributed by atoms with Crippen molar-refractivity contribution in [1.29, 1.82) is 0 Å². The van der Waals surface area contributed by atoms with Gasteiger partial charge < -0.3 is 4.90 Å². The lowest BCUT2D eigenvalue weighted by molar-refractivity contribution is 0.0605. The molecule has 1 aromatic heterocycles. The van der Waals surface area contributed by atoms with Crippen molar-refractivity contribution in [3.8, 4) is 0 Å². The first-order valence-electron chi connectivity index (χ1n) is 8.20. The molecule has 0 bridgehead atoms. The maximum Gasteiger partial charge on any atom is 0.273 e. The summed E-state index contributed by atoms with van der Waals surface area (Å²) in [5.41, 5.74) is 1.41. The number of benzene rings is 1. The lowest BCUT2D eigenvalue weighted by Gasteiger charge is -2.35. The van der Waals surface area contributed by atoms with Gasteiger partial charge in [0.15, 0.2) is 0 Å². The van der Waals surface area contributed by atoms with Gasteiger partial charge in [0.25, 0.3) is 5.91 Å². The summed E-state index contributed by atoms with van der Waals surface area (Å²) in [4.78, 5) is 19.2. The van der Waals surface area contributed by atoms with Gasteiger partial charge in [-0.05, 0) is 49.8 Å². The standard InChI is InChI=1S/C18H21FN2OS/c1-2-6-17-20-15(12-23-17)18(22)21-10-4-3-9-16(21)13-7-5-8-14(19)11-13/h5,7-8,11-12,16H,2-4,6,9-10H2,1H3. The Morgan fingerprint density at radius 3 is 3.09 bits per heavy atom. The van der Waals surface area contributed by atoms with Gasteiger partial charge in [-0.2, -0.15) is 0 Å². The molecule has 0 radical (unpaired) electrons. The number of piperidine rings is 1. The second-order valence-electron chi connectivity index (χ2n) is 5.94. The molecule has 3 nitrogen and oxygen atoms in total. The third-order valence-corrected chi connectivity index (χ3v) is 5.14. The number of amides is 1. The van der Waals surface area contributed by atoms with Crippen LogP contribution in [0.3, 0.4) is 0 Å². The minimum absolute atomic E-state index is 0.0300. The van der Waals surface area contributed by atoms with Gasteiger partial charge in [0, 0.05) is 11.9 Å². The van der Waals surface area contributed by atoms with E-state index in [0.717, 1.165) is 42.7 Å². The van der Waals surface area contributed by atoms with Gasteiger partial charge >= 0.3 is 0 Å². The first-order chi connectivity index (χ1) is 11.2. The molecule has 0 spiro atoms. The van der Waals surface area contributed by atoms with E-state index >= 15 is 0 Å². The number of nitrogens with zero attached hydrogens (tertiary/aromatic N) is 2. The predicted octanol–water partition coefficient (Wildman–Crippen LogP) is 4.60. The Kier molecular flexibility index (Phi) is 5.06. The average Bonchev–Trinajstić information content (AvgIpc) is 3.03. The van der Waals surface area contributed by atoms with E-state index in [1.54, 1.807) is 23.5 Å². The van der Waals surface area contributed by atoms with E-state index in [9.17, 15) is 9.18 Å². The highest BCUT2D eigenvalue weighted by Gasteiger charge is 2.30. The highest BCUT2D eigenvalue weighted by Crippen LogP contribution is 2.32. The number of thiazole rings is 1. The number of hydrogen-bond acceptors (Lipinski definition) is 3. The molecule has 1 aliphatic heterocycles. The molecule has 2 aromatic rings. The predicted molar refractivity (Wildman–Crippen MR) is 90.1 cm³/mol. The van der Waals surface area contributed by atoms with Gasteiger partial charge in [0.05, 0.1) is 11.0 Å². The average molecular weight is 332 g/mol. The third-order valence-electron chi connectivity index (χ3n) is 4.23. The fraction of sp³-hybridized carbons (Fsp3) is 0.444. The highest BCUT2D eigenvalue weighted by atomic mass is 32.1. The van der Waals surface area contributed by atoms with Gasteiger partial charge in [-0.15, -0.1) is 11.3 Å². The summed E-state index contributed by atoms with van der Waals surface area (Å²) in [7, 11) is 0. The fourth-order valence-electron chi connectivity index (χ4n) is 3.12. The van der Waals surface area contributed by atoms with Crippen molar-refractivity contribution in [3.05, 3.63) is 51.7 Å². The van der Waals surface area contributed by atoms with Crippen molar-refractivity contribution < 1.29 is 9.18 Å². The molecule has 1 unspecified atom stereocenters. The van der Waals surface area contributed by atoms with E-state index in [0.29, 0.717) is 12.2 Å². The summed E-state index contributed by atoms with van der Waals surface area (Å²) in [6.45, 7) is 2.81. The molecule has 23 heavy (non-hydrogen) atoms. The van der Waals surface area contributed by atoms with Gasteiger partial charge in [-0.25, -0.2) is 9.37 Å². The number of aromatic nitrogens is 1. The molecular formula is C18H21FN2OS. The molecule has 1 fully saturated rings. The van der Waals surface area contributed by atoms with E-state index in [-0.39, 0.29) is 17.8 Å². The van der Waals surface area contributed by atoms with Crippen molar-refractivity contribution in [3.63, 3.8) is 0 Å². The molecule has 2 heterocycles. The normalized spacial score (nSPS) is 18.2. The van der Waals surface area contributed by atoms with Gasteiger partial charge in [0.1, 0.15) is 11.5 Å². The summed E-state index contributed by atoms with van der Waals surface area (Å²) in [5.74, 6) is -0.281. The molecule has 0 aliphatic carbocycles. The Bertz CT molecular complexity index is 685. The molecule has 1 aliphatic rings. The quantitative estimate of drug-likeness (QED) is 0.819. The van der Waals surface area contributed by atoms with Crippen LogP contribution >= 0.6 is 11.3 Å². The zero-order valence-corrected chi connectivity index (χ0v) is 14.1. The second kappa shape index (κ2) is 7.21. The number of carbonyl (C=O) groups is 1. The first-order valence-corrected chi connectivity index (χ1v) is 9.08. The molecule has 3 rings (SSSR count). The maximum absolute atomic E-state index is 13.5. The number of hydrogen-bond donors (Lipinski definition) is 0. The lowest BCUT2D eigenvalue weighted by atomic mass is 9.95. The minimum atomic E-state index is -0.251. The molecule has 1 aromatic carbocycles. The topological polar surface area (TPSA) is 33.2 Å². The van der Waals surface area contributed by atoms with Crippen LogP contribution in [-0.4, -0.2) is 22.3 Å². The third kappa shape index (κ3) is 3.61. The van der Waals surface area contributed by atoms with Crippen LogP contribution in [-0.2, 0) is 6.42 Å². The maximum atomic E-state index is 13.5. The summed E-state index contributed by atoms with van der Waals surface area (Å²) in [6, 6.07) is 6.55. The minimum Gasteiger partial charge on any atom is -0.330 e. The largest absolute Gasteiger partial charge is 0.330 e. The number of halogens is 1. The van der Waals surface area contributed by atoms with E-state index < -0.39 is 0 Å². The first kappa shape index (κ1) is 16.1. The molecule has 0 N–H and O–H groups in total. The Morgan fingerprint density at radius 2 is 2.30 bits per heavy atom. The summed E-state index contributed by atoms with van der Waals surface area (Å²) >= 11 is 1.55. The number of rotatable bonds is 4. The van der Waals surface area contributed by atoms with Crippen molar-refractivity contribution >= 4 is 17.2 Å². The number of carbonyl (C=O) groups excluding carboxylic acids is 1. The summed E-state index contributed by atoms with van der Waals surface area (Å²) < 4.78 is 13.5. The van der Waals surface area contributed by atoms with Crippen molar-refractivity contribution in [2.45, 2.75) is 45.1 Å². The second-order valence-corrected chi connectivity index (χ2v) is 6.88. The van der Waals surface area contributed by atoms with Crippen LogP contribution < -0.4 is 0 Å². The van der Waals surface area contributed by atoms with Crippen LogP contribution in [0.1, 0.15) is 59.7 Å². The molecule has 1 atom stereocenters. The van der Waals surface area contributed by atoms with Crippen molar-refractivity contribution in [2.75, 3.05) is 6.54 Å². The van der Waals surface area contributed by atoms with E-state index in [2.05, 4.69) is 11.9 Å². The molecule has 5 heteroatoms.